The van der Waals surface area contributed by atoms with Crippen molar-refractivity contribution in [1.82, 2.24) is 9.80 Å². The predicted molar refractivity (Wildman–Crippen MR) is 116 cm³/mol. The molecule has 7 nitrogen and oxygen atoms in total. The number of benzene rings is 2. The first kappa shape index (κ1) is 21.9. The van der Waals surface area contributed by atoms with E-state index < -0.39 is 17.7 Å². The summed E-state index contributed by atoms with van der Waals surface area (Å²) in [4.78, 5) is 29.1. The number of aromatic hydroxyl groups is 1. The smallest absolute Gasteiger partial charge is 0.295 e. The van der Waals surface area contributed by atoms with Gasteiger partial charge in [0.15, 0.2) is 11.5 Å². The molecule has 30 heavy (non-hydrogen) atoms. The third-order valence-electron chi connectivity index (χ3n) is 4.96. The minimum absolute atomic E-state index is 0.00866. The van der Waals surface area contributed by atoms with Crippen LogP contribution in [0.4, 0.5) is 0 Å². The number of aliphatic hydroxyl groups excluding tert-OH is 1. The fourth-order valence-electron chi connectivity index (χ4n) is 3.41. The third-order valence-corrected chi connectivity index (χ3v) is 5.49. The minimum atomic E-state index is -0.828. The van der Waals surface area contributed by atoms with Gasteiger partial charge in [-0.25, -0.2) is 0 Å². The van der Waals surface area contributed by atoms with Gasteiger partial charge in [0.1, 0.15) is 5.76 Å². The van der Waals surface area contributed by atoms with Crippen molar-refractivity contribution in [3.8, 4) is 11.5 Å². The van der Waals surface area contributed by atoms with Gasteiger partial charge in [0, 0.05) is 23.1 Å². The van der Waals surface area contributed by atoms with Gasteiger partial charge >= 0.3 is 0 Å². The normalized spacial score (nSPS) is 18.3. The monoisotopic (exact) mass is 474 g/mol. The number of methoxy groups -OCH3 is 1. The van der Waals surface area contributed by atoms with E-state index in [1.807, 2.05) is 19.0 Å². The number of amides is 1. The van der Waals surface area contributed by atoms with E-state index in [4.69, 9.17) is 4.74 Å². The summed E-state index contributed by atoms with van der Waals surface area (Å²) < 4.78 is 5.92. The highest BCUT2D eigenvalue weighted by Gasteiger charge is 2.46. The van der Waals surface area contributed by atoms with E-state index in [0.29, 0.717) is 17.7 Å². The third kappa shape index (κ3) is 4.20. The van der Waals surface area contributed by atoms with Crippen molar-refractivity contribution in [3.05, 3.63) is 63.6 Å². The van der Waals surface area contributed by atoms with E-state index in [-0.39, 0.29) is 29.4 Å². The molecule has 0 bridgehead atoms. The first-order chi connectivity index (χ1) is 14.2. The summed E-state index contributed by atoms with van der Waals surface area (Å²) in [7, 11) is 5.17. The van der Waals surface area contributed by atoms with Gasteiger partial charge < -0.3 is 24.7 Å². The van der Waals surface area contributed by atoms with Crippen LogP contribution in [0.15, 0.2) is 52.5 Å². The Balaban J connectivity index is 2.16. The van der Waals surface area contributed by atoms with Crippen LogP contribution < -0.4 is 4.74 Å². The van der Waals surface area contributed by atoms with Crippen molar-refractivity contribution >= 4 is 33.4 Å². The summed E-state index contributed by atoms with van der Waals surface area (Å²) in [6, 6.07) is 10.7. The second-order valence-corrected chi connectivity index (χ2v) is 8.15. The number of ether oxygens (including phenoxy) is 1. The predicted octanol–water partition coefficient (Wildman–Crippen LogP) is 3.15. The number of hydrogen-bond acceptors (Lipinski definition) is 6. The van der Waals surface area contributed by atoms with Gasteiger partial charge in [-0.2, -0.15) is 0 Å². The molecule has 1 aliphatic heterocycles. The Bertz CT molecular complexity index is 1000. The average molecular weight is 475 g/mol. The molecule has 1 saturated heterocycles. The molecule has 8 heteroatoms. The molecule has 1 aliphatic rings. The zero-order valence-corrected chi connectivity index (χ0v) is 18.5. The number of rotatable bonds is 6. The molecule has 0 aromatic heterocycles. The first-order valence-corrected chi connectivity index (χ1v) is 10.1. The largest absolute Gasteiger partial charge is 0.507 e. The molecular weight excluding hydrogens is 452 g/mol. The molecule has 0 radical (unpaired) electrons. The second-order valence-electron chi connectivity index (χ2n) is 7.23. The Hall–Kier alpha value is -2.84. The number of nitrogens with zero attached hydrogens (tertiary/aromatic N) is 2. The van der Waals surface area contributed by atoms with Crippen molar-refractivity contribution in [2.45, 2.75) is 6.04 Å². The van der Waals surface area contributed by atoms with Crippen molar-refractivity contribution in [2.75, 3.05) is 34.3 Å². The van der Waals surface area contributed by atoms with Crippen LogP contribution in [0.25, 0.3) is 5.76 Å². The van der Waals surface area contributed by atoms with Gasteiger partial charge in [-0.1, -0.05) is 34.1 Å². The first-order valence-electron chi connectivity index (χ1n) is 9.30. The van der Waals surface area contributed by atoms with Gasteiger partial charge in [0.25, 0.3) is 11.7 Å². The Labute approximate surface area is 183 Å². The van der Waals surface area contributed by atoms with E-state index in [9.17, 15) is 19.8 Å². The highest BCUT2D eigenvalue weighted by molar-refractivity contribution is 9.10. The summed E-state index contributed by atoms with van der Waals surface area (Å²) in [5.74, 6) is -1.53. The molecule has 1 fully saturated rings. The molecule has 0 spiro atoms. The highest BCUT2D eigenvalue weighted by atomic mass is 79.9. The lowest BCUT2D eigenvalue weighted by Crippen LogP contribution is -2.35. The molecule has 2 aromatic carbocycles. The molecule has 0 saturated carbocycles. The Morgan fingerprint density at radius 1 is 1.17 bits per heavy atom. The zero-order chi connectivity index (χ0) is 22.0. The molecule has 1 atom stereocenters. The minimum Gasteiger partial charge on any atom is -0.507 e. The number of hydrogen-bond donors (Lipinski definition) is 2. The maximum Gasteiger partial charge on any atom is 0.295 e. The molecular formula is C22H23BrN2O5. The van der Waals surface area contributed by atoms with E-state index in [1.54, 1.807) is 36.4 Å². The van der Waals surface area contributed by atoms with E-state index >= 15 is 0 Å². The number of aliphatic hydroxyl groups is 1. The molecule has 1 amide bonds. The molecule has 1 unspecified atom stereocenters. The maximum absolute atomic E-state index is 12.9. The molecule has 1 heterocycles. The number of likely N-dealkylation sites (tertiary alicyclic amines) is 1. The lowest BCUT2D eigenvalue weighted by molar-refractivity contribution is -0.140. The fraction of sp³-hybridized carbons (Fsp3) is 0.273. The van der Waals surface area contributed by atoms with Crippen molar-refractivity contribution in [2.24, 2.45) is 0 Å². The van der Waals surface area contributed by atoms with Crippen molar-refractivity contribution in [1.29, 1.82) is 0 Å². The number of likely N-dealkylation sites (N-methyl/N-ethyl adjacent to an activating group) is 1. The lowest BCUT2D eigenvalue weighted by atomic mass is 9.95. The number of halogens is 1. The van der Waals surface area contributed by atoms with Crippen LogP contribution in [0.1, 0.15) is 17.2 Å². The van der Waals surface area contributed by atoms with Crippen molar-refractivity contribution < 1.29 is 24.5 Å². The van der Waals surface area contributed by atoms with Crippen molar-refractivity contribution in [3.63, 3.8) is 0 Å². The number of carbonyl (C=O) groups is 2. The second kappa shape index (κ2) is 8.89. The lowest BCUT2D eigenvalue weighted by Gasteiger charge is -2.26. The molecule has 2 N–H and O–H groups in total. The number of ketones is 1. The van der Waals surface area contributed by atoms with Crippen LogP contribution in [-0.2, 0) is 9.59 Å². The fourth-order valence-corrected chi connectivity index (χ4v) is 3.67. The van der Waals surface area contributed by atoms with Crippen LogP contribution in [0.5, 0.6) is 11.5 Å². The van der Waals surface area contributed by atoms with Gasteiger partial charge in [0.05, 0.1) is 18.7 Å². The molecule has 0 aliphatic carbocycles. The number of carbonyl (C=O) groups excluding carboxylic acids is 2. The summed E-state index contributed by atoms with van der Waals surface area (Å²) in [5, 5.41) is 21.2. The molecule has 3 rings (SSSR count). The summed E-state index contributed by atoms with van der Waals surface area (Å²) in [6.45, 7) is 0.816. The number of Topliss-reactive ketones (excluding diaryl/α,β-unsaturated/α-hetero) is 1. The zero-order valence-electron chi connectivity index (χ0n) is 16.9. The number of phenolic OH excluding ortho intramolecular Hbond substituents is 1. The summed E-state index contributed by atoms with van der Waals surface area (Å²) in [6.07, 6.45) is 0. The Morgan fingerprint density at radius 2 is 1.83 bits per heavy atom. The summed E-state index contributed by atoms with van der Waals surface area (Å²) in [5.41, 5.74) is 0.919. The van der Waals surface area contributed by atoms with Crippen LogP contribution >= 0.6 is 15.9 Å². The maximum atomic E-state index is 12.9. The quantitative estimate of drug-likeness (QED) is 0.379. The Kier molecular flexibility index (Phi) is 6.48. The van der Waals surface area contributed by atoms with E-state index in [0.717, 1.165) is 4.47 Å². The molecule has 158 valence electrons. The average Bonchev–Trinajstić information content (AvgIpc) is 2.96. The summed E-state index contributed by atoms with van der Waals surface area (Å²) >= 11 is 3.34. The van der Waals surface area contributed by atoms with Gasteiger partial charge in [-0.05, 0) is 43.9 Å². The van der Waals surface area contributed by atoms with E-state index in [1.165, 1.54) is 18.1 Å². The van der Waals surface area contributed by atoms with Crippen LogP contribution in [0.3, 0.4) is 0 Å². The topological polar surface area (TPSA) is 90.3 Å². The van der Waals surface area contributed by atoms with Gasteiger partial charge in [0.2, 0.25) is 0 Å². The highest BCUT2D eigenvalue weighted by Crippen LogP contribution is 2.41. The standard InChI is InChI=1S/C22H23BrN2O5/c1-24(2)10-11-25-19(14-6-9-17(30-3)16(26)12-14)18(21(28)22(25)29)20(27)13-4-7-15(23)8-5-13/h4-9,12,19,26-27H,10-11H2,1-3H3/b20-18-. The van der Waals surface area contributed by atoms with Gasteiger partial charge in [-0.3, -0.25) is 9.59 Å². The number of phenols is 1. The van der Waals surface area contributed by atoms with Crippen LogP contribution in [0, 0.1) is 0 Å². The Morgan fingerprint density at radius 3 is 2.40 bits per heavy atom. The van der Waals surface area contributed by atoms with Crippen LogP contribution in [0.2, 0.25) is 0 Å². The molecule has 2 aromatic rings. The SMILES string of the molecule is COc1ccc(C2/C(=C(/O)c3ccc(Br)cc3)C(=O)C(=O)N2CCN(C)C)cc1O. The van der Waals surface area contributed by atoms with E-state index in [2.05, 4.69) is 15.9 Å². The van der Waals surface area contributed by atoms with Gasteiger partial charge in [-0.15, -0.1) is 0 Å². The van der Waals surface area contributed by atoms with Crippen LogP contribution in [-0.4, -0.2) is 66.0 Å².